The number of hydrogen-bond acceptors (Lipinski definition) is 7. The van der Waals surface area contributed by atoms with Gasteiger partial charge in [0.2, 0.25) is 16.9 Å². The van der Waals surface area contributed by atoms with E-state index in [9.17, 15) is 9.59 Å². The van der Waals surface area contributed by atoms with Gasteiger partial charge in [-0.05, 0) is 50.2 Å². The van der Waals surface area contributed by atoms with E-state index in [-0.39, 0.29) is 18.2 Å². The minimum Gasteiger partial charge on any atom is -0.497 e. The first-order chi connectivity index (χ1) is 17.9. The molecule has 2 aromatic heterocycles. The summed E-state index contributed by atoms with van der Waals surface area (Å²) in [5.41, 5.74) is 3.23. The van der Waals surface area contributed by atoms with Crippen LogP contribution in [0.3, 0.4) is 0 Å². The molecular formula is C27H27N5O4S. The Balaban J connectivity index is 1.31. The minimum atomic E-state index is -0.488. The molecule has 4 aromatic rings. The predicted octanol–water partition coefficient (Wildman–Crippen LogP) is 4.70. The van der Waals surface area contributed by atoms with Crippen LogP contribution in [0, 0.1) is 12.8 Å². The summed E-state index contributed by atoms with van der Waals surface area (Å²) in [7, 11) is 1.58. The number of aromatic nitrogens is 3. The molecule has 1 aliphatic rings. The van der Waals surface area contributed by atoms with E-state index in [1.165, 1.54) is 11.3 Å². The summed E-state index contributed by atoms with van der Waals surface area (Å²) >= 11 is 1.43. The summed E-state index contributed by atoms with van der Waals surface area (Å²) in [6.07, 6.45) is 0.134. The van der Waals surface area contributed by atoms with Gasteiger partial charge in [-0.15, -0.1) is 11.3 Å². The van der Waals surface area contributed by atoms with Crippen molar-refractivity contribution in [2.24, 2.45) is 5.92 Å². The molecule has 190 valence electrons. The highest BCUT2D eigenvalue weighted by molar-refractivity contribution is 7.12. The Bertz CT molecular complexity index is 1430. The zero-order valence-corrected chi connectivity index (χ0v) is 21.6. The van der Waals surface area contributed by atoms with Gasteiger partial charge in [-0.1, -0.05) is 6.07 Å². The number of nitrogens with zero attached hydrogens (tertiary/aromatic N) is 4. The zero-order valence-electron chi connectivity index (χ0n) is 20.8. The molecule has 1 N–H and O–H groups in total. The van der Waals surface area contributed by atoms with Crippen molar-refractivity contribution in [3.63, 3.8) is 0 Å². The van der Waals surface area contributed by atoms with Gasteiger partial charge in [0.05, 0.1) is 31.0 Å². The number of carbonyl (C=O) groups is 2. The number of carbonyl (C=O) groups excluding carboxylic acids is 2. The van der Waals surface area contributed by atoms with E-state index in [0.29, 0.717) is 35.5 Å². The fraction of sp³-hybridized carbons (Fsp3) is 0.259. The van der Waals surface area contributed by atoms with Crippen LogP contribution >= 0.6 is 11.3 Å². The maximum absolute atomic E-state index is 13.2. The van der Waals surface area contributed by atoms with Gasteiger partial charge in [0.25, 0.3) is 0 Å². The predicted molar refractivity (Wildman–Crippen MR) is 143 cm³/mol. The van der Waals surface area contributed by atoms with Crippen LogP contribution in [0.1, 0.15) is 19.0 Å². The third-order valence-corrected chi connectivity index (χ3v) is 6.89. The largest absolute Gasteiger partial charge is 0.497 e. The lowest BCUT2D eigenvalue weighted by atomic mass is 10.1. The SMILES string of the molecule is CCOc1ccc(-c2csc(-n3nc(C)cc3NC(=O)C3CC(=O)N(c4cccc(OC)c4)C3)n2)cc1. The molecule has 0 radical (unpaired) electrons. The number of anilines is 2. The summed E-state index contributed by atoms with van der Waals surface area (Å²) < 4.78 is 12.4. The van der Waals surface area contributed by atoms with Crippen molar-refractivity contribution in [3.8, 4) is 27.9 Å². The Morgan fingerprint density at radius 2 is 1.97 bits per heavy atom. The van der Waals surface area contributed by atoms with E-state index < -0.39 is 5.92 Å². The Morgan fingerprint density at radius 3 is 2.73 bits per heavy atom. The van der Waals surface area contributed by atoms with Crippen LogP contribution in [0.4, 0.5) is 11.5 Å². The van der Waals surface area contributed by atoms with Crippen LogP contribution in [0.25, 0.3) is 16.4 Å². The van der Waals surface area contributed by atoms with Crippen molar-refractivity contribution in [1.29, 1.82) is 0 Å². The summed E-state index contributed by atoms with van der Waals surface area (Å²) in [6.45, 7) is 4.71. The molecule has 9 nitrogen and oxygen atoms in total. The van der Waals surface area contributed by atoms with Crippen LogP contribution < -0.4 is 19.7 Å². The fourth-order valence-corrected chi connectivity index (χ4v) is 5.05. The number of methoxy groups -OCH3 is 1. The van der Waals surface area contributed by atoms with Crippen molar-refractivity contribution in [1.82, 2.24) is 14.8 Å². The second-order valence-electron chi connectivity index (χ2n) is 8.65. The highest BCUT2D eigenvalue weighted by Crippen LogP contribution is 2.30. The molecule has 10 heteroatoms. The Morgan fingerprint density at radius 1 is 1.16 bits per heavy atom. The van der Waals surface area contributed by atoms with E-state index >= 15 is 0 Å². The molecule has 1 unspecified atom stereocenters. The number of nitrogens with one attached hydrogen (secondary N) is 1. The van der Waals surface area contributed by atoms with Crippen molar-refractivity contribution in [3.05, 3.63) is 65.7 Å². The minimum absolute atomic E-state index is 0.0991. The molecule has 3 heterocycles. The topological polar surface area (TPSA) is 98.6 Å². The van der Waals surface area contributed by atoms with Crippen molar-refractivity contribution >= 4 is 34.7 Å². The van der Waals surface area contributed by atoms with Gasteiger partial charge in [-0.25, -0.2) is 4.98 Å². The molecule has 1 fully saturated rings. The molecular weight excluding hydrogens is 490 g/mol. The number of aryl methyl sites for hydroxylation is 1. The van der Waals surface area contributed by atoms with Crippen LogP contribution in [-0.2, 0) is 9.59 Å². The van der Waals surface area contributed by atoms with Gasteiger partial charge in [0.1, 0.15) is 17.3 Å². The van der Waals surface area contributed by atoms with Crippen LogP contribution in [0.2, 0.25) is 0 Å². The van der Waals surface area contributed by atoms with E-state index in [0.717, 1.165) is 22.7 Å². The Hall–Kier alpha value is -4.18. The third-order valence-electron chi connectivity index (χ3n) is 6.08. The average molecular weight is 518 g/mol. The number of amides is 2. The smallest absolute Gasteiger partial charge is 0.230 e. The van der Waals surface area contributed by atoms with Crippen molar-refractivity contribution in [2.75, 3.05) is 30.5 Å². The molecule has 0 aliphatic carbocycles. The molecule has 0 bridgehead atoms. The summed E-state index contributed by atoms with van der Waals surface area (Å²) in [4.78, 5) is 32.2. The zero-order chi connectivity index (χ0) is 25.9. The molecule has 37 heavy (non-hydrogen) atoms. The highest BCUT2D eigenvalue weighted by atomic mass is 32.1. The lowest BCUT2D eigenvalue weighted by molar-refractivity contribution is -0.122. The highest BCUT2D eigenvalue weighted by Gasteiger charge is 2.35. The Kier molecular flexibility index (Phi) is 6.91. The van der Waals surface area contributed by atoms with E-state index in [4.69, 9.17) is 14.5 Å². The van der Waals surface area contributed by atoms with Gasteiger partial charge in [0, 0.05) is 41.7 Å². The van der Waals surface area contributed by atoms with Crippen LogP contribution in [0.5, 0.6) is 11.5 Å². The maximum Gasteiger partial charge on any atom is 0.230 e. The molecule has 5 rings (SSSR count). The summed E-state index contributed by atoms with van der Waals surface area (Å²) in [6, 6.07) is 16.8. The lowest BCUT2D eigenvalue weighted by Crippen LogP contribution is -2.28. The monoisotopic (exact) mass is 517 g/mol. The van der Waals surface area contributed by atoms with Gasteiger partial charge in [0.15, 0.2) is 0 Å². The van der Waals surface area contributed by atoms with Gasteiger partial charge >= 0.3 is 0 Å². The van der Waals surface area contributed by atoms with Crippen LogP contribution in [-0.4, -0.2) is 46.8 Å². The number of ether oxygens (including phenoxy) is 2. The molecule has 2 amide bonds. The first-order valence-corrected chi connectivity index (χ1v) is 12.8. The van der Waals surface area contributed by atoms with Crippen molar-refractivity contribution in [2.45, 2.75) is 20.3 Å². The summed E-state index contributed by atoms with van der Waals surface area (Å²) in [5.74, 6) is 1.16. The van der Waals surface area contributed by atoms with Crippen LogP contribution in [0.15, 0.2) is 60.0 Å². The quantitative estimate of drug-likeness (QED) is 0.364. The number of rotatable bonds is 8. The molecule has 1 aliphatic heterocycles. The second-order valence-corrected chi connectivity index (χ2v) is 9.49. The fourth-order valence-electron chi connectivity index (χ4n) is 4.26. The van der Waals surface area contributed by atoms with E-state index in [2.05, 4.69) is 10.4 Å². The standard InChI is InChI=1S/C27H27N5O4S/c1-4-36-21-10-8-18(9-11-21)23-16-37-27(28-23)32-24(12-17(2)30-32)29-26(34)19-13-25(33)31(15-19)20-6-5-7-22(14-20)35-3/h5-12,14,16,19H,4,13,15H2,1-3H3,(H,29,34). The Labute approximate surface area is 218 Å². The molecule has 1 atom stereocenters. The molecule has 2 aromatic carbocycles. The first-order valence-electron chi connectivity index (χ1n) is 12.0. The van der Waals surface area contributed by atoms with E-state index in [1.54, 1.807) is 28.8 Å². The molecule has 0 spiro atoms. The summed E-state index contributed by atoms with van der Waals surface area (Å²) in [5, 5.41) is 10.1. The maximum atomic E-state index is 13.2. The van der Waals surface area contributed by atoms with Crippen molar-refractivity contribution < 1.29 is 19.1 Å². The third kappa shape index (κ3) is 5.19. The average Bonchev–Trinajstić information content (AvgIpc) is 3.63. The van der Waals surface area contributed by atoms with E-state index in [1.807, 2.05) is 61.7 Å². The van der Waals surface area contributed by atoms with Gasteiger partial charge < -0.3 is 19.7 Å². The molecule has 1 saturated heterocycles. The normalized spacial score (nSPS) is 15.2. The number of benzene rings is 2. The number of thiazole rings is 1. The van der Waals surface area contributed by atoms with Gasteiger partial charge in [-0.3, -0.25) is 9.59 Å². The molecule has 0 saturated carbocycles. The lowest BCUT2D eigenvalue weighted by Gasteiger charge is -2.17. The second kappa shape index (κ2) is 10.4. The number of hydrogen-bond donors (Lipinski definition) is 1. The van der Waals surface area contributed by atoms with Gasteiger partial charge in [-0.2, -0.15) is 9.78 Å². The first kappa shape index (κ1) is 24.5.